The molecule has 0 saturated heterocycles. The third kappa shape index (κ3) is 4.27. The van der Waals surface area contributed by atoms with Crippen LogP contribution in [0.2, 0.25) is 0 Å². The predicted octanol–water partition coefficient (Wildman–Crippen LogP) is 3.10. The number of ether oxygens (including phenoxy) is 1. The fourth-order valence-corrected chi connectivity index (χ4v) is 1.71. The molecule has 0 aromatic heterocycles. The highest BCUT2D eigenvalue weighted by Crippen LogP contribution is 2.22. The summed E-state index contributed by atoms with van der Waals surface area (Å²) in [6, 6.07) is 6.66. The molecule has 1 unspecified atom stereocenters. The zero-order valence-corrected chi connectivity index (χ0v) is 11.4. The molecule has 0 radical (unpaired) electrons. The van der Waals surface area contributed by atoms with Gasteiger partial charge in [0, 0.05) is 15.1 Å². The Labute approximate surface area is 113 Å². The fourth-order valence-electron chi connectivity index (χ4n) is 1.31. The average molecular weight is 313 g/mol. The van der Waals surface area contributed by atoms with E-state index in [0.717, 1.165) is 10.2 Å². The summed E-state index contributed by atoms with van der Waals surface area (Å²) in [5.74, 6) is -0.444. The van der Waals surface area contributed by atoms with E-state index in [0.29, 0.717) is 0 Å². The number of hydrogen-bond donors (Lipinski definition) is 1. The predicted molar refractivity (Wildman–Crippen MR) is 72.2 cm³/mol. The van der Waals surface area contributed by atoms with Crippen molar-refractivity contribution < 1.29 is 9.53 Å². The van der Waals surface area contributed by atoms with Crippen LogP contribution in [-0.2, 0) is 9.53 Å². The number of esters is 1. The average Bonchev–Trinajstić information content (AvgIpc) is 2.36. The van der Waals surface area contributed by atoms with E-state index in [1.807, 2.05) is 24.3 Å². The zero-order chi connectivity index (χ0) is 13.4. The van der Waals surface area contributed by atoms with E-state index in [1.165, 1.54) is 0 Å². The molecule has 6 nitrogen and oxygen atoms in total. The Morgan fingerprint density at radius 3 is 2.94 bits per heavy atom. The highest BCUT2D eigenvalue weighted by Gasteiger charge is 2.19. The molecule has 0 heterocycles. The second-order valence-corrected chi connectivity index (χ2v) is 4.20. The maximum atomic E-state index is 11.7. The van der Waals surface area contributed by atoms with E-state index in [9.17, 15) is 4.79 Å². The van der Waals surface area contributed by atoms with Crippen LogP contribution in [0.5, 0.6) is 0 Å². The Hall–Kier alpha value is -1.72. The first-order valence-electron chi connectivity index (χ1n) is 5.37. The molecule has 0 amide bonds. The van der Waals surface area contributed by atoms with Crippen LogP contribution < -0.4 is 5.32 Å². The van der Waals surface area contributed by atoms with E-state index < -0.39 is 12.0 Å². The lowest BCUT2D eigenvalue weighted by Crippen LogP contribution is -2.34. The van der Waals surface area contributed by atoms with Crippen LogP contribution in [0.1, 0.15) is 6.92 Å². The second-order valence-electron chi connectivity index (χ2n) is 3.34. The Kier molecular flexibility index (Phi) is 6.04. The van der Waals surface area contributed by atoms with Gasteiger partial charge in [0.2, 0.25) is 0 Å². The Morgan fingerprint density at radius 2 is 2.33 bits per heavy atom. The number of nitrogens with one attached hydrogen (secondary N) is 1. The number of rotatable bonds is 6. The molecule has 1 aromatic rings. The van der Waals surface area contributed by atoms with E-state index in [1.54, 1.807) is 6.92 Å². The van der Waals surface area contributed by atoms with Gasteiger partial charge in [-0.2, -0.15) is 0 Å². The van der Waals surface area contributed by atoms with E-state index in [-0.39, 0.29) is 13.2 Å². The summed E-state index contributed by atoms with van der Waals surface area (Å²) >= 11 is 3.36. The molecule has 0 aliphatic rings. The second kappa shape index (κ2) is 7.58. The topological polar surface area (TPSA) is 87.1 Å². The molecule has 1 atom stereocenters. The Bertz CT molecular complexity index is 460. The lowest BCUT2D eigenvalue weighted by Gasteiger charge is -2.17. The number of benzene rings is 1. The molecule has 0 spiro atoms. The van der Waals surface area contributed by atoms with Crippen molar-refractivity contribution in [2.24, 2.45) is 5.11 Å². The minimum Gasteiger partial charge on any atom is -0.464 e. The minimum atomic E-state index is -0.695. The normalized spacial score (nSPS) is 11.2. The van der Waals surface area contributed by atoms with E-state index >= 15 is 0 Å². The fraction of sp³-hybridized carbons (Fsp3) is 0.364. The van der Waals surface area contributed by atoms with Gasteiger partial charge in [-0.1, -0.05) is 17.2 Å². The van der Waals surface area contributed by atoms with Crippen molar-refractivity contribution in [1.82, 2.24) is 0 Å². The standard InChI is InChI=1S/C11H13BrN4O2/c1-2-18-11(17)10(7-14-16-13)15-9-6-4-3-5-8(9)12/h3-6,10,15H,2,7H2,1H3. The van der Waals surface area contributed by atoms with Crippen molar-refractivity contribution in [3.05, 3.63) is 39.2 Å². The molecular formula is C11H13BrN4O2. The summed E-state index contributed by atoms with van der Waals surface area (Å²) in [5, 5.41) is 6.38. The summed E-state index contributed by atoms with van der Waals surface area (Å²) in [7, 11) is 0. The van der Waals surface area contributed by atoms with Crippen molar-refractivity contribution in [2.75, 3.05) is 18.5 Å². The molecule has 1 aromatic carbocycles. The molecule has 0 saturated carbocycles. The SMILES string of the molecule is CCOC(=O)C(CN=[N+]=[N-])Nc1ccccc1Br. The van der Waals surface area contributed by atoms with E-state index in [2.05, 4.69) is 31.3 Å². The Balaban J connectivity index is 2.80. The smallest absolute Gasteiger partial charge is 0.328 e. The third-order valence-corrected chi connectivity index (χ3v) is 2.79. The number of carbonyl (C=O) groups excluding carboxylic acids is 1. The van der Waals surface area contributed by atoms with Gasteiger partial charge < -0.3 is 10.1 Å². The number of carbonyl (C=O) groups is 1. The molecule has 0 aliphatic carbocycles. The van der Waals surface area contributed by atoms with Crippen molar-refractivity contribution in [3.8, 4) is 0 Å². The quantitative estimate of drug-likeness (QED) is 0.379. The van der Waals surface area contributed by atoms with Crippen molar-refractivity contribution in [2.45, 2.75) is 13.0 Å². The van der Waals surface area contributed by atoms with Crippen molar-refractivity contribution in [3.63, 3.8) is 0 Å². The number of halogens is 1. The van der Waals surface area contributed by atoms with Gasteiger partial charge in [0.15, 0.2) is 0 Å². The van der Waals surface area contributed by atoms with Gasteiger partial charge in [0.25, 0.3) is 0 Å². The summed E-state index contributed by atoms with van der Waals surface area (Å²) in [5.41, 5.74) is 9.06. The van der Waals surface area contributed by atoms with Gasteiger partial charge in [0.1, 0.15) is 6.04 Å². The summed E-state index contributed by atoms with van der Waals surface area (Å²) in [6.45, 7) is 2.00. The number of hydrogen-bond acceptors (Lipinski definition) is 4. The molecule has 0 bridgehead atoms. The molecule has 7 heteroatoms. The van der Waals surface area contributed by atoms with Gasteiger partial charge in [0.05, 0.1) is 13.2 Å². The first kappa shape index (κ1) is 14.3. The first-order valence-corrected chi connectivity index (χ1v) is 6.17. The van der Waals surface area contributed by atoms with Crippen LogP contribution in [0.3, 0.4) is 0 Å². The van der Waals surface area contributed by atoms with Crippen LogP contribution in [0.4, 0.5) is 5.69 Å². The molecule has 18 heavy (non-hydrogen) atoms. The molecule has 1 N–H and O–H groups in total. The first-order chi connectivity index (χ1) is 8.69. The third-order valence-electron chi connectivity index (χ3n) is 2.10. The summed E-state index contributed by atoms with van der Waals surface area (Å²) in [6.07, 6.45) is 0. The zero-order valence-electron chi connectivity index (χ0n) is 9.84. The van der Waals surface area contributed by atoms with Crippen LogP contribution in [-0.4, -0.2) is 25.2 Å². The lowest BCUT2D eigenvalue weighted by molar-refractivity contribution is -0.143. The Morgan fingerprint density at radius 1 is 1.61 bits per heavy atom. The van der Waals surface area contributed by atoms with Crippen LogP contribution in [0.25, 0.3) is 10.4 Å². The monoisotopic (exact) mass is 312 g/mol. The lowest BCUT2D eigenvalue weighted by atomic mass is 10.2. The maximum Gasteiger partial charge on any atom is 0.328 e. The summed E-state index contributed by atoms with van der Waals surface area (Å²) < 4.78 is 5.73. The number of anilines is 1. The highest BCUT2D eigenvalue weighted by molar-refractivity contribution is 9.10. The minimum absolute atomic E-state index is 0.00331. The number of nitrogens with zero attached hydrogens (tertiary/aromatic N) is 3. The molecule has 0 aliphatic heterocycles. The van der Waals surface area contributed by atoms with Crippen molar-refractivity contribution in [1.29, 1.82) is 0 Å². The molecular weight excluding hydrogens is 300 g/mol. The van der Waals surface area contributed by atoms with Gasteiger partial charge in [-0.3, -0.25) is 0 Å². The molecule has 1 rings (SSSR count). The largest absolute Gasteiger partial charge is 0.464 e. The number of azide groups is 1. The van der Waals surface area contributed by atoms with E-state index in [4.69, 9.17) is 10.3 Å². The van der Waals surface area contributed by atoms with Gasteiger partial charge >= 0.3 is 5.97 Å². The maximum absolute atomic E-state index is 11.7. The highest BCUT2D eigenvalue weighted by atomic mass is 79.9. The van der Waals surface area contributed by atoms with Gasteiger partial charge in [-0.25, -0.2) is 4.79 Å². The van der Waals surface area contributed by atoms with Crippen LogP contribution in [0.15, 0.2) is 33.9 Å². The summed E-state index contributed by atoms with van der Waals surface area (Å²) in [4.78, 5) is 14.3. The van der Waals surface area contributed by atoms with Crippen LogP contribution in [0, 0.1) is 0 Å². The van der Waals surface area contributed by atoms with Crippen LogP contribution >= 0.6 is 15.9 Å². The number of para-hydroxylation sites is 1. The molecule has 96 valence electrons. The van der Waals surface area contributed by atoms with Gasteiger partial charge in [-0.05, 0) is 40.5 Å². The van der Waals surface area contributed by atoms with Gasteiger partial charge in [-0.15, -0.1) is 0 Å². The molecule has 0 fully saturated rings. The van der Waals surface area contributed by atoms with Crippen molar-refractivity contribution >= 4 is 27.6 Å².